The maximum Gasteiger partial charge on any atom is 0.410 e. The molecule has 4 rings (SSSR count). The van der Waals surface area contributed by atoms with Crippen LogP contribution in [-0.2, 0) is 14.3 Å². The van der Waals surface area contributed by atoms with Crippen LogP contribution < -0.4 is 5.32 Å². The van der Waals surface area contributed by atoms with Gasteiger partial charge in [0.1, 0.15) is 0 Å². The van der Waals surface area contributed by atoms with Crippen molar-refractivity contribution in [1.29, 1.82) is 0 Å². The summed E-state index contributed by atoms with van der Waals surface area (Å²) in [6, 6.07) is 0. The van der Waals surface area contributed by atoms with Crippen molar-refractivity contribution in [3.8, 4) is 0 Å². The van der Waals surface area contributed by atoms with E-state index in [1.165, 1.54) is 38.5 Å². The molecule has 1 amide bonds. The number of esters is 1. The second kappa shape index (κ2) is 14.7. The van der Waals surface area contributed by atoms with E-state index in [9.17, 15) is 14.7 Å². The molecule has 4 aliphatic rings. The molecule has 0 aromatic carbocycles. The van der Waals surface area contributed by atoms with Gasteiger partial charge in [-0.05, 0) is 87.4 Å². The monoisotopic (exact) mass is 533 g/mol. The van der Waals surface area contributed by atoms with E-state index in [4.69, 9.17) is 9.47 Å². The Morgan fingerprint density at radius 2 is 1.58 bits per heavy atom. The molecule has 3 atom stereocenters. The van der Waals surface area contributed by atoms with E-state index in [-0.39, 0.29) is 24.4 Å². The minimum atomic E-state index is -0.456. The van der Waals surface area contributed by atoms with E-state index in [1.807, 2.05) is 0 Å². The van der Waals surface area contributed by atoms with Gasteiger partial charge in [-0.1, -0.05) is 77.9 Å². The van der Waals surface area contributed by atoms with Gasteiger partial charge in [0.2, 0.25) is 6.79 Å². The average molecular weight is 534 g/mol. The van der Waals surface area contributed by atoms with Crippen LogP contribution in [0.1, 0.15) is 143 Å². The Morgan fingerprint density at radius 1 is 0.895 bits per heavy atom. The maximum atomic E-state index is 12.5. The van der Waals surface area contributed by atoms with Crippen LogP contribution in [0.4, 0.5) is 4.79 Å². The third-order valence-corrected chi connectivity index (χ3v) is 9.12. The van der Waals surface area contributed by atoms with Gasteiger partial charge in [0, 0.05) is 12.0 Å². The van der Waals surface area contributed by atoms with Gasteiger partial charge >= 0.3 is 12.1 Å². The first kappa shape index (κ1) is 31.0. The Bertz CT molecular complexity index is 762. The lowest BCUT2D eigenvalue weighted by Gasteiger charge is -2.65. The van der Waals surface area contributed by atoms with Gasteiger partial charge < -0.3 is 19.9 Å². The predicted octanol–water partition coefficient (Wildman–Crippen LogP) is 7.97. The largest absolute Gasteiger partial charge is 0.428 e. The van der Waals surface area contributed by atoms with Gasteiger partial charge in [0.25, 0.3) is 0 Å². The number of carbonyl (C=O) groups excluding carboxylic acids is 2. The van der Waals surface area contributed by atoms with E-state index < -0.39 is 6.09 Å². The zero-order valence-electron chi connectivity index (χ0n) is 24.5. The highest BCUT2D eigenvalue weighted by Gasteiger charge is 2.60. The summed E-state index contributed by atoms with van der Waals surface area (Å²) in [5, 5.41) is 13.2. The van der Waals surface area contributed by atoms with E-state index in [0.29, 0.717) is 23.2 Å². The Balaban J connectivity index is 1.15. The van der Waals surface area contributed by atoms with Crippen molar-refractivity contribution < 1.29 is 24.2 Å². The van der Waals surface area contributed by atoms with Crippen LogP contribution in [0, 0.1) is 16.7 Å². The molecule has 0 saturated heterocycles. The molecule has 2 N–H and O–H groups in total. The number of hydrogen-bond donors (Lipinski definition) is 2. The summed E-state index contributed by atoms with van der Waals surface area (Å²) >= 11 is 0. The van der Waals surface area contributed by atoms with Gasteiger partial charge in [0.15, 0.2) is 0 Å². The number of amides is 1. The number of rotatable bonds is 18. The third kappa shape index (κ3) is 10.2. The summed E-state index contributed by atoms with van der Waals surface area (Å²) in [4.78, 5) is 24.5. The summed E-state index contributed by atoms with van der Waals surface area (Å²) in [6.07, 6.45) is 23.7. The van der Waals surface area contributed by atoms with Crippen molar-refractivity contribution in [3.63, 3.8) is 0 Å². The lowest BCUT2D eigenvalue weighted by Crippen LogP contribution is -2.65. The average Bonchev–Trinajstić information content (AvgIpc) is 2.80. The van der Waals surface area contributed by atoms with Crippen LogP contribution in [0.3, 0.4) is 0 Å². The number of ether oxygens (including phenoxy) is 2. The van der Waals surface area contributed by atoms with Crippen molar-refractivity contribution in [3.05, 3.63) is 12.2 Å². The molecular weight excluding hydrogens is 478 g/mol. The fourth-order valence-electron chi connectivity index (χ4n) is 8.42. The number of unbranched alkanes of at least 4 members (excludes halogenated alkanes) is 8. The molecule has 0 aromatic heterocycles. The summed E-state index contributed by atoms with van der Waals surface area (Å²) in [5.74, 6) is 0.392. The van der Waals surface area contributed by atoms with E-state index in [1.54, 1.807) is 0 Å². The highest BCUT2D eigenvalue weighted by molar-refractivity contribution is 5.70. The number of alkyl carbamates (subject to hydrolysis) is 1. The van der Waals surface area contributed by atoms with Crippen molar-refractivity contribution in [1.82, 2.24) is 5.32 Å². The molecule has 0 heterocycles. The maximum absolute atomic E-state index is 12.5. The highest BCUT2D eigenvalue weighted by atomic mass is 16.7. The second-order valence-corrected chi connectivity index (χ2v) is 13.6. The van der Waals surface area contributed by atoms with Gasteiger partial charge in [-0.3, -0.25) is 4.79 Å². The zero-order chi connectivity index (χ0) is 27.5. The summed E-state index contributed by atoms with van der Waals surface area (Å²) in [5.41, 5.74) is 0.484. The molecule has 4 aliphatic carbocycles. The number of aliphatic hydroxyl groups excluding tert-OH is 1. The van der Waals surface area contributed by atoms with E-state index >= 15 is 0 Å². The van der Waals surface area contributed by atoms with Crippen LogP contribution in [-0.4, -0.2) is 35.6 Å². The molecule has 0 aliphatic heterocycles. The Kier molecular flexibility index (Phi) is 12.0. The zero-order valence-corrected chi connectivity index (χ0v) is 24.5. The molecule has 6 heteroatoms. The van der Waals surface area contributed by atoms with Crippen molar-refractivity contribution in [2.75, 3.05) is 6.79 Å². The van der Waals surface area contributed by atoms with Crippen LogP contribution in [0.15, 0.2) is 12.2 Å². The fraction of sp³-hybridized carbons (Fsp3) is 0.875. The molecule has 218 valence electrons. The van der Waals surface area contributed by atoms with Crippen LogP contribution in [0.25, 0.3) is 0 Å². The molecule has 0 aromatic rings. The molecule has 4 fully saturated rings. The number of hydrogen-bond acceptors (Lipinski definition) is 5. The Morgan fingerprint density at radius 3 is 2.29 bits per heavy atom. The number of aliphatic hydroxyl groups is 1. The Hall–Kier alpha value is -1.56. The van der Waals surface area contributed by atoms with E-state index in [0.717, 1.165) is 77.0 Å². The van der Waals surface area contributed by atoms with Gasteiger partial charge in [-0.25, -0.2) is 4.79 Å². The molecule has 2 unspecified atom stereocenters. The van der Waals surface area contributed by atoms with E-state index in [2.05, 4.69) is 38.2 Å². The highest BCUT2D eigenvalue weighted by Crippen LogP contribution is 2.66. The molecule has 0 spiro atoms. The Labute approximate surface area is 231 Å². The molecule has 4 saturated carbocycles. The first-order valence-corrected chi connectivity index (χ1v) is 15.6. The first-order valence-electron chi connectivity index (χ1n) is 15.6. The minimum absolute atomic E-state index is 0.158. The normalized spacial score (nSPS) is 30.5. The summed E-state index contributed by atoms with van der Waals surface area (Å²) in [7, 11) is 0. The van der Waals surface area contributed by atoms with Crippen LogP contribution >= 0.6 is 0 Å². The minimum Gasteiger partial charge on any atom is -0.428 e. The molecule has 38 heavy (non-hydrogen) atoms. The second-order valence-electron chi connectivity index (χ2n) is 13.6. The third-order valence-electron chi connectivity index (χ3n) is 9.12. The summed E-state index contributed by atoms with van der Waals surface area (Å²) < 4.78 is 10.4. The SMILES string of the molecule is CCCCCC[C@@H](O)C/C=C\CCCCCCCC(=O)OCOC(=O)NC12CC3CC(C)(CC(C)(C3)C1)C2. The topological polar surface area (TPSA) is 84.9 Å². The number of carbonyl (C=O) groups is 2. The van der Waals surface area contributed by atoms with Crippen LogP contribution in [0.5, 0.6) is 0 Å². The lowest BCUT2D eigenvalue weighted by molar-refractivity contribution is -0.152. The fourth-order valence-corrected chi connectivity index (χ4v) is 8.42. The quantitative estimate of drug-likeness (QED) is 0.0807. The predicted molar refractivity (Wildman–Crippen MR) is 152 cm³/mol. The number of nitrogens with one attached hydrogen (secondary N) is 1. The van der Waals surface area contributed by atoms with Gasteiger partial charge in [-0.15, -0.1) is 0 Å². The van der Waals surface area contributed by atoms with Crippen molar-refractivity contribution in [2.45, 2.75) is 154 Å². The first-order chi connectivity index (χ1) is 18.1. The molecular formula is C32H55NO5. The molecule has 4 bridgehead atoms. The summed E-state index contributed by atoms with van der Waals surface area (Å²) in [6.45, 7) is 6.65. The standard InChI is InChI=1S/C32H55NO5/c1-4-5-6-13-16-27(34)17-14-11-9-7-8-10-12-15-18-28(35)37-25-38-29(36)33-32-21-26-19-30(2,23-32)22-31(3,20-26)24-32/h11,14,26-27,34H,4-10,12-13,15-25H2,1-3H3,(H,33,36)/b14-11-/t26?,27-,30?,31?,32?/m1/s1. The lowest BCUT2D eigenvalue weighted by atomic mass is 9.43. The molecule has 0 radical (unpaired) electrons. The molecule has 6 nitrogen and oxygen atoms in total. The number of allylic oxidation sites excluding steroid dienone is 1. The van der Waals surface area contributed by atoms with Gasteiger partial charge in [0.05, 0.1) is 6.10 Å². The van der Waals surface area contributed by atoms with Gasteiger partial charge in [-0.2, -0.15) is 0 Å². The van der Waals surface area contributed by atoms with Crippen molar-refractivity contribution >= 4 is 12.1 Å². The smallest absolute Gasteiger partial charge is 0.410 e. The van der Waals surface area contributed by atoms with Crippen molar-refractivity contribution in [2.24, 2.45) is 16.7 Å². The van der Waals surface area contributed by atoms with Crippen LogP contribution in [0.2, 0.25) is 0 Å².